The molecule has 0 bridgehead atoms. The summed E-state index contributed by atoms with van der Waals surface area (Å²) in [6, 6.07) is 0.402. The highest BCUT2D eigenvalue weighted by Crippen LogP contribution is 2.27. The lowest BCUT2D eigenvalue weighted by atomic mass is 10.0. The van der Waals surface area contributed by atoms with Gasteiger partial charge in [-0.25, -0.2) is 0 Å². The van der Waals surface area contributed by atoms with E-state index >= 15 is 0 Å². The summed E-state index contributed by atoms with van der Waals surface area (Å²) in [7, 11) is 0. The van der Waals surface area contributed by atoms with Gasteiger partial charge in [-0.2, -0.15) is 0 Å². The predicted octanol–water partition coefficient (Wildman–Crippen LogP) is 2.65. The van der Waals surface area contributed by atoms with Crippen LogP contribution in [0, 0.1) is 0 Å². The van der Waals surface area contributed by atoms with E-state index in [0.29, 0.717) is 12.0 Å². The van der Waals surface area contributed by atoms with Gasteiger partial charge in [0, 0.05) is 18.6 Å². The molecule has 0 aromatic carbocycles. The molecule has 1 fully saturated rings. The van der Waals surface area contributed by atoms with E-state index in [-0.39, 0.29) is 0 Å². The maximum Gasteiger partial charge on any atom is 0.143 e. The van der Waals surface area contributed by atoms with E-state index in [2.05, 4.69) is 44.5 Å². The van der Waals surface area contributed by atoms with Crippen molar-refractivity contribution in [2.24, 2.45) is 0 Å². The van der Waals surface area contributed by atoms with Crippen molar-refractivity contribution in [3.8, 4) is 0 Å². The van der Waals surface area contributed by atoms with Crippen LogP contribution in [0.15, 0.2) is 0 Å². The molecule has 1 aromatic rings. The lowest BCUT2D eigenvalue weighted by Crippen LogP contribution is -2.21. The molecule has 0 N–H and O–H groups in total. The summed E-state index contributed by atoms with van der Waals surface area (Å²) in [5.74, 6) is 2.51. The SMILES string of the molecule is CC(C)n1c(CBr)nnc1C1CCCOC1. The van der Waals surface area contributed by atoms with Crippen molar-refractivity contribution in [2.45, 2.75) is 44.0 Å². The smallest absolute Gasteiger partial charge is 0.143 e. The van der Waals surface area contributed by atoms with E-state index in [1.54, 1.807) is 0 Å². The van der Waals surface area contributed by atoms with Crippen molar-refractivity contribution in [3.05, 3.63) is 11.6 Å². The van der Waals surface area contributed by atoms with E-state index in [4.69, 9.17) is 4.74 Å². The Hall–Kier alpha value is -0.420. The molecule has 1 unspecified atom stereocenters. The molecule has 0 amide bonds. The van der Waals surface area contributed by atoms with Gasteiger partial charge in [0.1, 0.15) is 11.6 Å². The van der Waals surface area contributed by atoms with Crippen molar-refractivity contribution in [3.63, 3.8) is 0 Å². The van der Waals surface area contributed by atoms with Crippen molar-refractivity contribution in [1.29, 1.82) is 0 Å². The van der Waals surface area contributed by atoms with Gasteiger partial charge in [0.05, 0.1) is 11.9 Å². The molecule has 0 spiro atoms. The molecular weight excluding hydrogens is 270 g/mol. The first-order valence-electron chi connectivity index (χ1n) is 5.81. The molecular formula is C11H18BrN3O. The van der Waals surface area contributed by atoms with Crippen LogP contribution in [0.5, 0.6) is 0 Å². The van der Waals surface area contributed by atoms with Gasteiger partial charge < -0.3 is 9.30 Å². The summed E-state index contributed by atoms with van der Waals surface area (Å²) < 4.78 is 7.75. The topological polar surface area (TPSA) is 39.9 Å². The van der Waals surface area contributed by atoms with E-state index in [9.17, 15) is 0 Å². The first-order chi connectivity index (χ1) is 7.74. The number of aromatic nitrogens is 3. The number of alkyl halides is 1. The largest absolute Gasteiger partial charge is 0.381 e. The Morgan fingerprint density at radius 3 is 2.88 bits per heavy atom. The average molecular weight is 288 g/mol. The van der Waals surface area contributed by atoms with E-state index < -0.39 is 0 Å². The third kappa shape index (κ3) is 2.30. The Morgan fingerprint density at radius 2 is 2.31 bits per heavy atom. The van der Waals surface area contributed by atoms with Crippen LogP contribution in [0.25, 0.3) is 0 Å². The summed E-state index contributed by atoms with van der Waals surface area (Å²) in [5, 5.41) is 9.33. The molecule has 2 heterocycles. The fraction of sp³-hybridized carbons (Fsp3) is 0.818. The van der Waals surface area contributed by atoms with Crippen molar-refractivity contribution >= 4 is 15.9 Å². The van der Waals surface area contributed by atoms with E-state index in [1.807, 2.05) is 0 Å². The van der Waals surface area contributed by atoms with Crippen LogP contribution in [-0.2, 0) is 10.1 Å². The third-order valence-corrected chi connectivity index (χ3v) is 3.46. The minimum atomic E-state index is 0.402. The molecule has 1 aliphatic heterocycles. The monoisotopic (exact) mass is 287 g/mol. The van der Waals surface area contributed by atoms with Crippen LogP contribution in [-0.4, -0.2) is 28.0 Å². The minimum Gasteiger partial charge on any atom is -0.381 e. The number of ether oxygens (including phenoxy) is 1. The van der Waals surface area contributed by atoms with Crippen LogP contribution in [0.1, 0.15) is 50.3 Å². The van der Waals surface area contributed by atoms with Gasteiger partial charge in [0.15, 0.2) is 0 Å². The van der Waals surface area contributed by atoms with E-state index in [0.717, 1.165) is 43.0 Å². The van der Waals surface area contributed by atoms with E-state index in [1.165, 1.54) is 0 Å². The fourth-order valence-corrected chi connectivity index (χ4v) is 2.60. The fourth-order valence-electron chi connectivity index (χ4n) is 2.21. The lowest BCUT2D eigenvalue weighted by Gasteiger charge is -2.23. The van der Waals surface area contributed by atoms with Gasteiger partial charge in [0.2, 0.25) is 0 Å². The highest BCUT2D eigenvalue weighted by atomic mass is 79.9. The lowest BCUT2D eigenvalue weighted by molar-refractivity contribution is 0.0765. The summed E-state index contributed by atoms with van der Waals surface area (Å²) in [4.78, 5) is 0. The third-order valence-electron chi connectivity index (χ3n) is 2.95. The van der Waals surface area contributed by atoms with Gasteiger partial charge in [-0.3, -0.25) is 0 Å². The van der Waals surface area contributed by atoms with Gasteiger partial charge >= 0.3 is 0 Å². The molecule has 0 saturated carbocycles. The number of rotatable bonds is 3. The normalized spacial score (nSPS) is 21.6. The molecule has 1 saturated heterocycles. The summed E-state index contributed by atoms with van der Waals surface area (Å²) in [6.45, 7) is 6.01. The van der Waals surface area contributed by atoms with Gasteiger partial charge in [-0.05, 0) is 26.7 Å². The molecule has 1 aliphatic rings. The zero-order valence-electron chi connectivity index (χ0n) is 9.82. The Kier molecular flexibility index (Phi) is 3.97. The maximum absolute atomic E-state index is 5.52. The molecule has 1 aromatic heterocycles. The summed E-state index contributed by atoms with van der Waals surface area (Å²) in [5.41, 5.74) is 0. The zero-order valence-corrected chi connectivity index (χ0v) is 11.4. The van der Waals surface area contributed by atoms with Crippen LogP contribution in [0.2, 0.25) is 0 Å². The summed E-state index contributed by atoms with van der Waals surface area (Å²) in [6.07, 6.45) is 2.28. The summed E-state index contributed by atoms with van der Waals surface area (Å²) >= 11 is 3.46. The van der Waals surface area contributed by atoms with Gasteiger partial charge in [-0.1, -0.05) is 15.9 Å². The Morgan fingerprint density at radius 1 is 1.50 bits per heavy atom. The van der Waals surface area contributed by atoms with Crippen molar-refractivity contribution in [2.75, 3.05) is 13.2 Å². The molecule has 16 heavy (non-hydrogen) atoms. The van der Waals surface area contributed by atoms with Gasteiger partial charge in [-0.15, -0.1) is 10.2 Å². The minimum absolute atomic E-state index is 0.402. The maximum atomic E-state index is 5.52. The first-order valence-corrected chi connectivity index (χ1v) is 6.93. The number of nitrogens with zero attached hydrogens (tertiary/aromatic N) is 3. The number of halogens is 1. The Balaban J connectivity index is 2.28. The standard InChI is InChI=1S/C11H18BrN3O/c1-8(2)15-10(6-12)13-14-11(15)9-4-3-5-16-7-9/h8-9H,3-7H2,1-2H3. The second-order valence-corrected chi connectivity index (χ2v) is 5.05. The van der Waals surface area contributed by atoms with Crippen LogP contribution in [0.3, 0.4) is 0 Å². The zero-order chi connectivity index (χ0) is 11.5. The van der Waals surface area contributed by atoms with Crippen molar-refractivity contribution in [1.82, 2.24) is 14.8 Å². The first kappa shape index (κ1) is 12.0. The predicted molar refractivity (Wildman–Crippen MR) is 65.8 cm³/mol. The molecule has 2 rings (SSSR count). The number of hydrogen-bond acceptors (Lipinski definition) is 3. The molecule has 0 aliphatic carbocycles. The molecule has 0 radical (unpaired) electrons. The highest BCUT2D eigenvalue weighted by Gasteiger charge is 2.24. The highest BCUT2D eigenvalue weighted by molar-refractivity contribution is 9.08. The molecule has 5 heteroatoms. The van der Waals surface area contributed by atoms with Crippen LogP contribution < -0.4 is 0 Å². The average Bonchev–Trinajstić information content (AvgIpc) is 2.73. The second-order valence-electron chi connectivity index (χ2n) is 4.49. The van der Waals surface area contributed by atoms with Gasteiger partial charge in [0.25, 0.3) is 0 Å². The Labute approximate surface area is 105 Å². The molecule has 1 atom stereocenters. The molecule has 4 nitrogen and oxygen atoms in total. The second kappa shape index (κ2) is 5.27. The van der Waals surface area contributed by atoms with Crippen molar-refractivity contribution < 1.29 is 4.74 Å². The van der Waals surface area contributed by atoms with Crippen LogP contribution in [0.4, 0.5) is 0 Å². The Bertz CT molecular complexity index is 345. The quantitative estimate of drug-likeness (QED) is 0.803. The van der Waals surface area contributed by atoms with Crippen LogP contribution >= 0.6 is 15.9 Å². The molecule has 90 valence electrons. The number of hydrogen-bond donors (Lipinski definition) is 0.